The second kappa shape index (κ2) is 8.22. The maximum Gasteiger partial charge on any atom is 0.296 e. The van der Waals surface area contributed by atoms with E-state index in [0.717, 1.165) is 4.70 Å². The molecule has 0 aliphatic carbocycles. The van der Waals surface area contributed by atoms with Crippen LogP contribution < -0.4 is 9.64 Å². The number of nitrogens with zero attached hydrogens (tertiary/aromatic N) is 2. The van der Waals surface area contributed by atoms with E-state index in [1.54, 1.807) is 49.6 Å². The minimum atomic E-state index is -0.993. The van der Waals surface area contributed by atoms with Crippen LogP contribution in [0.3, 0.4) is 0 Å². The van der Waals surface area contributed by atoms with Crippen molar-refractivity contribution in [1.82, 2.24) is 4.98 Å². The smallest absolute Gasteiger partial charge is 0.296 e. The minimum Gasteiger partial charge on any atom is -0.503 e. The van der Waals surface area contributed by atoms with Gasteiger partial charge in [-0.3, -0.25) is 14.5 Å². The zero-order valence-corrected chi connectivity index (χ0v) is 19.2. The SMILES string of the molecule is COc1ccc2nc(N3C(=O)C(O)=C(C(=O)c4ccco4)[C@H]3c3ccc(Cl)c(Cl)c3)sc2c1. The maximum absolute atomic E-state index is 13.2. The summed E-state index contributed by atoms with van der Waals surface area (Å²) in [6, 6.07) is 12.1. The van der Waals surface area contributed by atoms with E-state index in [1.165, 1.54) is 28.6 Å². The molecular formula is C23H14Cl2N2O5S. The van der Waals surface area contributed by atoms with Gasteiger partial charge in [0.2, 0.25) is 5.78 Å². The molecule has 0 radical (unpaired) electrons. The summed E-state index contributed by atoms with van der Waals surface area (Å²) in [4.78, 5) is 32.3. The molecule has 0 unspecified atom stereocenters. The van der Waals surface area contributed by atoms with Crippen molar-refractivity contribution in [2.75, 3.05) is 12.0 Å². The molecular weight excluding hydrogens is 487 g/mol. The fourth-order valence-corrected chi connectivity index (χ4v) is 5.02. The number of halogens is 2. The van der Waals surface area contributed by atoms with E-state index in [-0.39, 0.29) is 16.4 Å². The summed E-state index contributed by atoms with van der Waals surface area (Å²) >= 11 is 13.6. The Labute approximate surface area is 201 Å². The molecule has 0 fully saturated rings. The third kappa shape index (κ3) is 3.56. The largest absolute Gasteiger partial charge is 0.503 e. The first-order valence-electron chi connectivity index (χ1n) is 9.63. The topological polar surface area (TPSA) is 92.9 Å². The Morgan fingerprint density at radius 2 is 2.00 bits per heavy atom. The van der Waals surface area contributed by atoms with Gasteiger partial charge in [-0.05, 0) is 48.0 Å². The number of carbonyl (C=O) groups is 2. The number of hydrogen-bond donors (Lipinski definition) is 1. The molecule has 1 aliphatic heterocycles. The lowest BCUT2D eigenvalue weighted by Crippen LogP contribution is -2.31. The molecule has 33 heavy (non-hydrogen) atoms. The average Bonchev–Trinajstić information content (AvgIpc) is 3.54. The number of carbonyl (C=O) groups excluding carboxylic acids is 2. The van der Waals surface area contributed by atoms with Crippen molar-refractivity contribution < 1.29 is 23.8 Å². The Morgan fingerprint density at radius 3 is 2.70 bits per heavy atom. The molecule has 4 aromatic rings. The quantitative estimate of drug-likeness (QED) is 0.338. The number of anilines is 1. The van der Waals surface area contributed by atoms with Gasteiger partial charge in [0.25, 0.3) is 5.91 Å². The number of aromatic nitrogens is 1. The van der Waals surface area contributed by atoms with Crippen LogP contribution in [0.15, 0.2) is 70.5 Å². The van der Waals surface area contributed by atoms with Crippen molar-refractivity contribution in [3.05, 3.63) is 87.5 Å². The molecule has 1 atom stereocenters. The molecule has 0 spiro atoms. The number of aliphatic hydroxyl groups is 1. The lowest BCUT2D eigenvalue weighted by atomic mass is 9.95. The summed E-state index contributed by atoms with van der Waals surface area (Å²) in [6.07, 6.45) is 1.34. The predicted molar refractivity (Wildman–Crippen MR) is 126 cm³/mol. The number of Topliss-reactive ketones (excluding diaryl/α,β-unsaturated/α-hetero) is 1. The molecule has 1 aliphatic rings. The Morgan fingerprint density at radius 1 is 1.18 bits per heavy atom. The lowest BCUT2D eigenvalue weighted by Gasteiger charge is -2.24. The Hall–Kier alpha value is -3.33. The van der Waals surface area contributed by atoms with Crippen LogP contribution in [0.2, 0.25) is 10.0 Å². The van der Waals surface area contributed by atoms with Crippen molar-refractivity contribution in [3.63, 3.8) is 0 Å². The zero-order valence-electron chi connectivity index (χ0n) is 16.9. The van der Waals surface area contributed by atoms with E-state index in [1.807, 2.05) is 0 Å². The van der Waals surface area contributed by atoms with Crippen molar-refractivity contribution in [2.24, 2.45) is 0 Å². The number of hydrogen-bond acceptors (Lipinski definition) is 7. The highest BCUT2D eigenvalue weighted by molar-refractivity contribution is 7.22. The molecule has 1 N–H and O–H groups in total. The first-order chi connectivity index (χ1) is 15.9. The first-order valence-corrected chi connectivity index (χ1v) is 11.2. The molecule has 7 nitrogen and oxygen atoms in total. The van der Waals surface area contributed by atoms with Crippen LogP contribution in [0.1, 0.15) is 22.2 Å². The van der Waals surface area contributed by atoms with Crippen LogP contribution in [0.25, 0.3) is 10.2 Å². The second-order valence-corrected chi connectivity index (χ2v) is 8.97. The molecule has 166 valence electrons. The zero-order chi connectivity index (χ0) is 23.3. The number of rotatable bonds is 5. The summed E-state index contributed by atoms with van der Waals surface area (Å²) < 4.78 is 11.3. The number of methoxy groups -OCH3 is 1. The number of fused-ring (bicyclic) bond motifs is 1. The molecule has 0 saturated carbocycles. The number of aliphatic hydroxyl groups excluding tert-OH is 1. The highest BCUT2D eigenvalue weighted by atomic mass is 35.5. The standard InChI is InChI=1S/C23H14Cl2N2O5S/c1-31-12-5-7-15-17(10-12)33-23(26-15)27-19(11-4-6-13(24)14(25)9-11)18(21(29)22(27)30)20(28)16-3-2-8-32-16/h2-10,19,29H,1H3/t19-/m1/s1. The number of amides is 1. The molecule has 1 amide bonds. The fraction of sp³-hybridized carbons (Fsp3) is 0.0870. The normalized spacial score (nSPS) is 16.2. The van der Waals surface area contributed by atoms with Gasteiger partial charge in [-0.1, -0.05) is 40.6 Å². The van der Waals surface area contributed by atoms with Crippen molar-refractivity contribution in [3.8, 4) is 5.75 Å². The Balaban J connectivity index is 1.69. The van der Waals surface area contributed by atoms with E-state index in [2.05, 4.69) is 4.98 Å². The van der Waals surface area contributed by atoms with E-state index in [4.69, 9.17) is 32.4 Å². The molecule has 0 saturated heterocycles. The number of ketones is 1. The number of benzene rings is 2. The van der Waals surface area contributed by atoms with E-state index in [9.17, 15) is 14.7 Å². The van der Waals surface area contributed by atoms with Crippen LogP contribution in [0.5, 0.6) is 5.75 Å². The van der Waals surface area contributed by atoms with Crippen LogP contribution in [0, 0.1) is 0 Å². The van der Waals surface area contributed by atoms with E-state index in [0.29, 0.717) is 27.0 Å². The Kier molecular flexibility index (Phi) is 5.36. The summed E-state index contributed by atoms with van der Waals surface area (Å²) in [5.74, 6) is -1.42. The van der Waals surface area contributed by atoms with Gasteiger partial charge in [0.1, 0.15) is 5.75 Å². The number of furan rings is 1. The lowest BCUT2D eigenvalue weighted by molar-refractivity contribution is -0.117. The second-order valence-electron chi connectivity index (χ2n) is 7.15. The van der Waals surface area contributed by atoms with Crippen LogP contribution in [0.4, 0.5) is 5.13 Å². The van der Waals surface area contributed by atoms with Gasteiger partial charge in [0.05, 0.1) is 45.2 Å². The number of thiazole rings is 1. The van der Waals surface area contributed by atoms with Gasteiger partial charge in [-0.15, -0.1) is 0 Å². The van der Waals surface area contributed by atoms with Gasteiger partial charge in [0.15, 0.2) is 16.7 Å². The summed E-state index contributed by atoms with van der Waals surface area (Å²) in [6.45, 7) is 0. The van der Waals surface area contributed by atoms with Gasteiger partial charge in [0, 0.05) is 0 Å². The molecule has 3 heterocycles. The third-order valence-electron chi connectivity index (χ3n) is 5.25. The molecule has 10 heteroatoms. The molecule has 0 bridgehead atoms. The highest BCUT2D eigenvalue weighted by Gasteiger charge is 2.46. The molecule has 2 aromatic heterocycles. The predicted octanol–water partition coefficient (Wildman–Crippen LogP) is 5.99. The summed E-state index contributed by atoms with van der Waals surface area (Å²) in [5.41, 5.74) is 0.987. The van der Waals surface area contributed by atoms with Gasteiger partial charge >= 0.3 is 0 Å². The van der Waals surface area contributed by atoms with Gasteiger partial charge < -0.3 is 14.3 Å². The van der Waals surface area contributed by atoms with Crippen molar-refractivity contribution >= 4 is 61.6 Å². The first kappa shape index (κ1) is 21.5. The summed E-state index contributed by atoms with van der Waals surface area (Å²) in [7, 11) is 1.56. The Bertz CT molecular complexity index is 1440. The van der Waals surface area contributed by atoms with Crippen molar-refractivity contribution in [1.29, 1.82) is 0 Å². The van der Waals surface area contributed by atoms with Crippen LogP contribution in [-0.2, 0) is 4.79 Å². The average molecular weight is 501 g/mol. The summed E-state index contributed by atoms with van der Waals surface area (Å²) in [5, 5.41) is 11.7. The molecule has 5 rings (SSSR count). The minimum absolute atomic E-state index is 0.00898. The highest BCUT2D eigenvalue weighted by Crippen LogP contribution is 2.45. The van der Waals surface area contributed by atoms with Crippen LogP contribution >= 0.6 is 34.5 Å². The van der Waals surface area contributed by atoms with E-state index < -0.39 is 23.5 Å². The molecule has 2 aromatic carbocycles. The van der Waals surface area contributed by atoms with Crippen molar-refractivity contribution in [2.45, 2.75) is 6.04 Å². The van der Waals surface area contributed by atoms with Gasteiger partial charge in [-0.25, -0.2) is 4.98 Å². The van der Waals surface area contributed by atoms with Crippen LogP contribution in [-0.4, -0.2) is 28.9 Å². The fourth-order valence-electron chi connectivity index (χ4n) is 3.70. The number of ether oxygens (including phenoxy) is 1. The van der Waals surface area contributed by atoms with E-state index >= 15 is 0 Å². The monoisotopic (exact) mass is 500 g/mol. The van der Waals surface area contributed by atoms with Gasteiger partial charge in [-0.2, -0.15) is 0 Å². The maximum atomic E-state index is 13.2. The third-order valence-corrected chi connectivity index (χ3v) is 7.00.